The third kappa shape index (κ3) is 3.51. The van der Waals surface area contributed by atoms with E-state index in [4.69, 9.17) is 0 Å². The summed E-state index contributed by atoms with van der Waals surface area (Å²) in [6.45, 7) is 3.44. The van der Waals surface area contributed by atoms with Crippen molar-refractivity contribution in [3.8, 4) is 0 Å². The summed E-state index contributed by atoms with van der Waals surface area (Å²) in [4.78, 5) is 30.5. The van der Waals surface area contributed by atoms with Gasteiger partial charge in [-0.15, -0.1) is 0 Å². The zero-order valence-electron chi connectivity index (χ0n) is 16.1. The number of benzene rings is 1. The quantitative estimate of drug-likeness (QED) is 0.635. The summed E-state index contributed by atoms with van der Waals surface area (Å²) in [5.41, 5.74) is 2.49. The standard InChI is InChI=1S/C21H24N6O2/c28-20(14-5-7-22-8-6-14)24-19-12-16-13-26(9-10-27(16)25-19)21(29)18-11-15-3-1-2-4-17(15)23-18/h1-4,11-12,14,22-23H,5-10,13H2,(H,24,25,28). The number of aromatic amines is 1. The molecule has 8 nitrogen and oxygen atoms in total. The molecule has 5 rings (SSSR count). The predicted molar refractivity (Wildman–Crippen MR) is 109 cm³/mol. The Morgan fingerprint density at radius 3 is 2.76 bits per heavy atom. The molecule has 4 heterocycles. The number of fused-ring (bicyclic) bond motifs is 2. The molecule has 3 N–H and O–H groups in total. The van der Waals surface area contributed by atoms with E-state index in [1.807, 2.05) is 46.0 Å². The number of carbonyl (C=O) groups is 2. The number of hydrogen-bond donors (Lipinski definition) is 3. The van der Waals surface area contributed by atoms with Gasteiger partial charge in [0, 0.05) is 29.4 Å². The predicted octanol–water partition coefficient (Wildman–Crippen LogP) is 1.96. The molecule has 3 aromatic rings. The summed E-state index contributed by atoms with van der Waals surface area (Å²) in [5, 5.41) is 11.8. The summed E-state index contributed by atoms with van der Waals surface area (Å²) in [6, 6.07) is 11.6. The molecule has 0 aliphatic carbocycles. The van der Waals surface area contributed by atoms with Crippen LogP contribution < -0.4 is 10.6 Å². The smallest absolute Gasteiger partial charge is 0.270 e. The maximum Gasteiger partial charge on any atom is 0.270 e. The first-order valence-electron chi connectivity index (χ1n) is 10.1. The van der Waals surface area contributed by atoms with Crippen molar-refractivity contribution in [3.63, 3.8) is 0 Å². The van der Waals surface area contributed by atoms with Gasteiger partial charge in [-0.1, -0.05) is 18.2 Å². The van der Waals surface area contributed by atoms with Crippen LogP contribution >= 0.6 is 0 Å². The van der Waals surface area contributed by atoms with Crippen LogP contribution in [0.4, 0.5) is 5.82 Å². The molecule has 2 aliphatic heterocycles. The largest absolute Gasteiger partial charge is 0.351 e. The monoisotopic (exact) mass is 392 g/mol. The average molecular weight is 392 g/mol. The van der Waals surface area contributed by atoms with E-state index in [-0.39, 0.29) is 17.7 Å². The molecule has 2 aromatic heterocycles. The summed E-state index contributed by atoms with van der Waals surface area (Å²) in [6.07, 6.45) is 1.71. The summed E-state index contributed by atoms with van der Waals surface area (Å²) in [7, 11) is 0. The Morgan fingerprint density at radius 2 is 1.93 bits per heavy atom. The lowest BCUT2D eigenvalue weighted by atomic mass is 9.97. The van der Waals surface area contributed by atoms with Crippen LogP contribution in [-0.2, 0) is 17.9 Å². The van der Waals surface area contributed by atoms with Crippen LogP contribution in [0.25, 0.3) is 10.9 Å². The molecule has 8 heteroatoms. The summed E-state index contributed by atoms with van der Waals surface area (Å²) in [5.74, 6) is 0.625. The Morgan fingerprint density at radius 1 is 1.10 bits per heavy atom. The maximum absolute atomic E-state index is 13.0. The molecule has 1 fully saturated rings. The van der Waals surface area contributed by atoms with Gasteiger partial charge < -0.3 is 20.5 Å². The Labute approximate surface area is 168 Å². The fourth-order valence-corrected chi connectivity index (χ4v) is 4.17. The summed E-state index contributed by atoms with van der Waals surface area (Å²) < 4.78 is 1.88. The highest BCUT2D eigenvalue weighted by Crippen LogP contribution is 2.22. The second kappa shape index (κ2) is 7.36. The van der Waals surface area contributed by atoms with Gasteiger partial charge in [-0.2, -0.15) is 5.10 Å². The number of H-pyrrole nitrogens is 1. The molecule has 0 spiro atoms. The lowest BCUT2D eigenvalue weighted by molar-refractivity contribution is -0.120. The van der Waals surface area contributed by atoms with Crippen molar-refractivity contribution in [2.24, 2.45) is 5.92 Å². The first-order valence-corrected chi connectivity index (χ1v) is 10.1. The molecule has 0 radical (unpaired) electrons. The van der Waals surface area contributed by atoms with E-state index in [0.29, 0.717) is 31.1 Å². The van der Waals surface area contributed by atoms with Crippen LogP contribution in [0.1, 0.15) is 29.0 Å². The number of carbonyl (C=O) groups excluding carboxylic acids is 2. The minimum absolute atomic E-state index is 0.0195. The van der Waals surface area contributed by atoms with Gasteiger partial charge in [-0.25, -0.2) is 0 Å². The van der Waals surface area contributed by atoms with Crippen molar-refractivity contribution in [2.75, 3.05) is 25.0 Å². The van der Waals surface area contributed by atoms with E-state index >= 15 is 0 Å². The molecule has 2 aliphatic rings. The van der Waals surface area contributed by atoms with Crippen LogP contribution in [-0.4, -0.2) is 51.1 Å². The highest BCUT2D eigenvalue weighted by Gasteiger charge is 2.26. The molecule has 1 saturated heterocycles. The van der Waals surface area contributed by atoms with Gasteiger partial charge in [0.05, 0.1) is 18.8 Å². The van der Waals surface area contributed by atoms with E-state index in [2.05, 4.69) is 20.7 Å². The minimum atomic E-state index is -0.0195. The van der Waals surface area contributed by atoms with Crippen molar-refractivity contribution < 1.29 is 9.59 Å². The van der Waals surface area contributed by atoms with Crippen molar-refractivity contribution in [1.82, 2.24) is 25.0 Å². The van der Waals surface area contributed by atoms with E-state index < -0.39 is 0 Å². The maximum atomic E-state index is 13.0. The molecule has 0 unspecified atom stereocenters. The third-order valence-corrected chi connectivity index (χ3v) is 5.81. The number of nitrogens with one attached hydrogen (secondary N) is 3. The number of hydrogen-bond acceptors (Lipinski definition) is 4. The SMILES string of the molecule is O=C(Nc1cc2n(n1)CCN(C(=O)c1cc3ccccc3[nH]1)C2)C1CCNCC1. The van der Waals surface area contributed by atoms with Gasteiger partial charge in [0.1, 0.15) is 5.69 Å². The van der Waals surface area contributed by atoms with Gasteiger partial charge in [-0.3, -0.25) is 14.3 Å². The van der Waals surface area contributed by atoms with Crippen LogP contribution in [0.3, 0.4) is 0 Å². The first kappa shape index (κ1) is 17.9. The molecule has 0 saturated carbocycles. The van der Waals surface area contributed by atoms with Crippen molar-refractivity contribution in [1.29, 1.82) is 0 Å². The highest BCUT2D eigenvalue weighted by atomic mass is 16.2. The van der Waals surface area contributed by atoms with Gasteiger partial charge >= 0.3 is 0 Å². The number of amides is 2. The molecule has 150 valence electrons. The number of para-hydroxylation sites is 1. The normalized spacial score (nSPS) is 17.3. The van der Waals surface area contributed by atoms with Gasteiger partial charge in [0.25, 0.3) is 5.91 Å². The molecular weight excluding hydrogens is 368 g/mol. The molecule has 29 heavy (non-hydrogen) atoms. The van der Waals surface area contributed by atoms with Crippen molar-refractivity contribution in [2.45, 2.75) is 25.9 Å². The lowest BCUT2D eigenvalue weighted by Gasteiger charge is -2.27. The number of nitrogens with zero attached hydrogens (tertiary/aromatic N) is 3. The van der Waals surface area contributed by atoms with E-state index in [0.717, 1.165) is 42.5 Å². The molecular formula is C21H24N6O2. The average Bonchev–Trinajstić information content (AvgIpc) is 3.36. The first-order chi connectivity index (χ1) is 14.2. The Hall–Kier alpha value is -3.13. The lowest BCUT2D eigenvalue weighted by Crippen LogP contribution is -2.38. The molecule has 1 aromatic carbocycles. The van der Waals surface area contributed by atoms with Gasteiger partial charge in [0.15, 0.2) is 5.82 Å². The fraction of sp³-hybridized carbons (Fsp3) is 0.381. The van der Waals surface area contributed by atoms with Gasteiger partial charge in [0.2, 0.25) is 5.91 Å². The van der Waals surface area contributed by atoms with Crippen molar-refractivity contribution >= 4 is 28.5 Å². The van der Waals surface area contributed by atoms with E-state index in [1.165, 1.54) is 0 Å². The topological polar surface area (TPSA) is 95.1 Å². The second-order valence-electron chi connectivity index (χ2n) is 7.75. The van der Waals surface area contributed by atoms with E-state index in [1.54, 1.807) is 0 Å². The van der Waals surface area contributed by atoms with Crippen LogP contribution in [0, 0.1) is 5.92 Å². The Kier molecular flexibility index (Phi) is 4.55. The minimum Gasteiger partial charge on any atom is -0.351 e. The molecule has 0 atom stereocenters. The second-order valence-corrected chi connectivity index (χ2v) is 7.75. The third-order valence-electron chi connectivity index (χ3n) is 5.81. The van der Waals surface area contributed by atoms with Gasteiger partial charge in [-0.05, 0) is 38.1 Å². The number of anilines is 1. The number of piperidine rings is 1. The number of aromatic nitrogens is 3. The highest BCUT2D eigenvalue weighted by molar-refractivity contribution is 5.98. The number of rotatable bonds is 3. The van der Waals surface area contributed by atoms with Crippen LogP contribution in [0.5, 0.6) is 0 Å². The summed E-state index contributed by atoms with van der Waals surface area (Å²) >= 11 is 0. The fourth-order valence-electron chi connectivity index (χ4n) is 4.17. The Bertz CT molecular complexity index is 1030. The molecule has 0 bridgehead atoms. The Balaban J connectivity index is 1.28. The van der Waals surface area contributed by atoms with Crippen LogP contribution in [0.2, 0.25) is 0 Å². The van der Waals surface area contributed by atoms with Crippen molar-refractivity contribution in [3.05, 3.63) is 47.8 Å². The zero-order valence-corrected chi connectivity index (χ0v) is 16.1. The molecule has 2 amide bonds. The zero-order chi connectivity index (χ0) is 19.8. The van der Waals surface area contributed by atoms with E-state index in [9.17, 15) is 9.59 Å². The van der Waals surface area contributed by atoms with Crippen LogP contribution in [0.15, 0.2) is 36.4 Å².